The first-order valence-corrected chi connectivity index (χ1v) is 7.64. The van der Waals surface area contributed by atoms with Crippen LogP contribution in [0.1, 0.15) is 40.9 Å². The van der Waals surface area contributed by atoms with Crippen LogP contribution in [0.4, 0.5) is 0 Å². The fraction of sp³-hybridized carbons (Fsp3) is 0.222. The third kappa shape index (κ3) is 4.99. The first kappa shape index (κ1) is 17.8. The summed E-state index contributed by atoms with van der Waals surface area (Å²) < 4.78 is 0. The maximum absolute atomic E-state index is 11.8. The molecule has 1 atom stereocenters. The quantitative estimate of drug-likeness (QED) is 0.373. The molecule has 0 spiro atoms. The molecule has 0 fully saturated rings. The molecule has 6 nitrogen and oxygen atoms in total. The maximum Gasteiger partial charge on any atom is 0.326 e. The smallest absolute Gasteiger partial charge is 0.326 e. The van der Waals surface area contributed by atoms with Crippen molar-refractivity contribution in [1.29, 1.82) is 0 Å². The number of hydrogen-bond donors (Lipinski definition) is 3. The van der Waals surface area contributed by atoms with Crippen molar-refractivity contribution in [3.63, 3.8) is 0 Å². The Morgan fingerprint density at radius 3 is 2.54 bits per heavy atom. The van der Waals surface area contributed by atoms with E-state index in [9.17, 15) is 14.7 Å². The molecule has 0 radical (unpaired) electrons. The molecule has 0 amide bonds. The van der Waals surface area contributed by atoms with Crippen LogP contribution in [0.25, 0.3) is 0 Å². The molecule has 2 aromatic rings. The van der Waals surface area contributed by atoms with E-state index in [1.165, 1.54) is 0 Å². The van der Waals surface area contributed by atoms with Gasteiger partial charge in [0.1, 0.15) is 6.04 Å². The summed E-state index contributed by atoms with van der Waals surface area (Å²) in [5.74, 6) is -1.11. The molecular weight excluding hydrogens is 308 g/mol. The highest BCUT2D eigenvalue weighted by atomic mass is 16.7. The third-order valence-electron chi connectivity index (χ3n) is 3.47. The number of rotatable bonds is 9. The first-order valence-electron chi connectivity index (χ1n) is 7.64. The second-order valence-corrected chi connectivity index (χ2v) is 5.19. The lowest BCUT2D eigenvalue weighted by atomic mass is 10.0. The Morgan fingerprint density at radius 1 is 1.12 bits per heavy atom. The van der Waals surface area contributed by atoms with Crippen LogP contribution < -0.4 is 11.0 Å². The zero-order valence-electron chi connectivity index (χ0n) is 13.4. The highest BCUT2D eigenvalue weighted by Gasteiger charge is 2.20. The van der Waals surface area contributed by atoms with Gasteiger partial charge in [-0.25, -0.2) is 5.43 Å². The Balaban J connectivity index is 1.97. The summed E-state index contributed by atoms with van der Waals surface area (Å²) in [5.41, 5.74) is 6.98. The normalized spacial score (nSPS) is 11.9. The molecule has 0 heterocycles. The standard InChI is InChI=1S/C18H20N2O4/c1-2-16(21)14-9-6-10-15(11-14)17(18(22)23)19-20-24-12-13-7-4-3-5-8-13/h3-11,17,19-20H,2,12H2,1H3,(H,22,23). The number of hydrazine groups is 1. The Hall–Kier alpha value is -2.54. The summed E-state index contributed by atoms with van der Waals surface area (Å²) in [5, 5.41) is 9.39. The van der Waals surface area contributed by atoms with E-state index in [0.717, 1.165) is 5.56 Å². The van der Waals surface area contributed by atoms with Gasteiger partial charge in [0, 0.05) is 12.0 Å². The minimum Gasteiger partial charge on any atom is -0.480 e. The van der Waals surface area contributed by atoms with Gasteiger partial charge in [0.2, 0.25) is 0 Å². The molecule has 0 aliphatic rings. The number of hydrogen-bond acceptors (Lipinski definition) is 5. The van der Waals surface area contributed by atoms with E-state index in [0.29, 0.717) is 17.5 Å². The van der Waals surface area contributed by atoms with Crippen molar-refractivity contribution in [2.24, 2.45) is 0 Å². The molecule has 0 saturated carbocycles. The summed E-state index contributed by atoms with van der Waals surface area (Å²) >= 11 is 0. The fourth-order valence-electron chi connectivity index (χ4n) is 2.18. The van der Waals surface area contributed by atoms with Crippen molar-refractivity contribution in [2.45, 2.75) is 26.0 Å². The van der Waals surface area contributed by atoms with Crippen molar-refractivity contribution in [2.75, 3.05) is 0 Å². The fourth-order valence-corrected chi connectivity index (χ4v) is 2.18. The van der Waals surface area contributed by atoms with E-state index in [-0.39, 0.29) is 12.4 Å². The number of ketones is 1. The Morgan fingerprint density at radius 2 is 1.88 bits per heavy atom. The molecule has 6 heteroatoms. The van der Waals surface area contributed by atoms with E-state index in [4.69, 9.17) is 4.84 Å². The average Bonchev–Trinajstić information content (AvgIpc) is 2.61. The largest absolute Gasteiger partial charge is 0.480 e. The average molecular weight is 328 g/mol. The molecule has 3 N–H and O–H groups in total. The lowest BCUT2D eigenvalue weighted by Gasteiger charge is -2.16. The van der Waals surface area contributed by atoms with Crippen molar-refractivity contribution < 1.29 is 19.5 Å². The van der Waals surface area contributed by atoms with Crippen molar-refractivity contribution in [3.8, 4) is 0 Å². The van der Waals surface area contributed by atoms with E-state index >= 15 is 0 Å². The number of nitrogens with one attached hydrogen (secondary N) is 2. The summed E-state index contributed by atoms with van der Waals surface area (Å²) in [6, 6.07) is 15.0. The van der Waals surface area contributed by atoms with Gasteiger partial charge >= 0.3 is 5.97 Å². The number of Topliss-reactive ketones (excluding diaryl/α,β-unsaturated/α-hetero) is 1. The van der Waals surface area contributed by atoms with Gasteiger partial charge in [0.25, 0.3) is 0 Å². The number of carboxylic acid groups (broad SMARTS) is 1. The van der Waals surface area contributed by atoms with Crippen molar-refractivity contribution in [1.82, 2.24) is 11.0 Å². The van der Waals surface area contributed by atoms with Crippen LogP contribution in [0.3, 0.4) is 0 Å². The van der Waals surface area contributed by atoms with Gasteiger partial charge in [-0.3, -0.25) is 14.4 Å². The number of carbonyl (C=O) groups excluding carboxylic acids is 1. The molecule has 1 unspecified atom stereocenters. The second kappa shape index (κ2) is 8.93. The first-order chi connectivity index (χ1) is 11.6. The zero-order valence-corrected chi connectivity index (χ0v) is 13.4. The van der Waals surface area contributed by atoms with Crippen LogP contribution in [-0.2, 0) is 16.2 Å². The summed E-state index contributed by atoms with van der Waals surface area (Å²) in [6.07, 6.45) is 0.368. The minimum absolute atomic E-state index is 0.0331. The topological polar surface area (TPSA) is 87.7 Å². The highest BCUT2D eigenvalue weighted by Crippen LogP contribution is 2.16. The number of aliphatic carboxylic acids is 1. The number of carbonyl (C=O) groups is 2. The zero-order chi connectivity index (χ0) is 17.4. The van der Waals surface area contributed by atoms with Gasteiger partial charge in [-0.15, -0.1) is 5.59 Å². The number of carboxylic acids is 1. The monoisotopic (exact) mass is 328 g/mol. The molecule has 0 aliphatic heterocycles. The van der Waals surface area contributed by atoms with Crippen LogP contribution in [0.2, 0.25) is 0 Å². The van der Waals surface area contributed by atoms with Crippen LogP contribution in [0, 0.1) is 0 Å². The third-order valence-corrected chi connectivity index (χ3v) is 3.47. The van der Waals surface area contributed by atoms with Crippen LogP contribution in [0.5, 0.6) is 0 Å². The second-order valence-electron chi connectivity index (χ2n) is 5.19. The summed E-state index contributed by atoms with van der Waals surface area (Å²) in [6.45, 7) is 2.05. The molecular formula is C18H20N2O4. The van der Waals surface area contributed by atoms with Crippen LogP contribution in [-0.4, -0.2) is 16.9 Å². The molecule has 0 aliphatic carbocycles. The van der Waals surface area contributed by atoms with Gasteiger partial charge in [-0.05, 0) is 17.2 Å². The molecule has 0 saturated heterocycles. The van der Waals surface area contributed by atoms with Crippen LogP contribution >= 0.6 is 0 Å². The number of benzene rings is 2. The van der Waals surface area contributed by atoms with Crippen molar-refractivity contribution >= 4 is 11.8 Å². The molecule has 24 heavy (non-hydrogen) atoms. The highest BCUT2D eigenvalue weighted by molar-refractivity contribution is 5.96. The van der Waals surface area contributed by atoms with Gasteiger partial charge in [0.15, 0.2) is 5.78 Å². The van der Waals surface area contributed by atoms with E-state index in [1.54, 1.807) is 31.2 Å². The van der Waals surface area contributed by atoms with Gasteiger partial charge in [-0.2, -0.15) is 0 Å². The van der Waals surface area contributed by atoms with Gasteiger partial charge < -0.3 is 5.11 Å². The van der Waals surface area contributed by atoms with Crippen molar-refractivity contribution in [3.05, 3.63) is 71.3 Å². The lowest BCUT2D eigenvalue weighted by molar-refractivity contribution is -0.142. The van der Waals surface area contributed by atoms with Gasteiger partial charge in [-0.1, -0.05) is 55.5 Å². The van der Waals surface area contributed by atoms with Crippen LogP contribution in [0.15, 0.2) is 54.6 Å². The maximum atomic E-state index is 11.8. The lowest BCUT2D eigenvalue weighted by Crippen LogP contribution is -2.39. The predicted molar refractivity (Wildman–Crippen MR) is 88.9 cm³/mol. The van der Waals surface area contributed by atoms with E-state index in [1.807, 2.05) is 30.3 Å². The summed E-state index contributed by atoms with van der Waals surface area (Å²) in [7, 11) is 0. The summed E-state index contributed by atoms with van der Waals surface area (Å²) in [4.78, 5) is 28.5. The Labute approximate surface area is 140 Å². The Bertz CT molecular complexity index is 688. The van der Waals surface area contributed by atoms with E-state index < -0.39 is 12.0 Å². The SMILES string of the molecule is CCC(=O)c1cccc(C(NNOCc2ccccc2)C(=O)O)c1. The molecule has 2 rings (SSSR count). The minimum atomic E-state index is -1.08. The molecule has 126 valence electrons. The van der Waals surface area contributed by atoms with E-state index in [2.05, 4.69) is 11.0 Å². The molecule has 0 bridgehead atoms. The molecule has 2 aromatic carbocycles. The Kier molecular flexibility index (Phi) is 6.62. The van der Waals surface area contributed by atoms with Gasteiger partial charge in [0.05, 0.1) is 6.61 Å². The molecule has 0 aromatic heterocycles. The predicted octanol–water partition coefficient (Wildman–Crippen LogP) is 2.63.